The van der Waals surface area contributed by atoms with E-state index in [2.05, 4.69) is 20.3 Å². The molecule has 3 heterocycles. The average Bonchev–Trinajstić information content (AvgIpc) is 2.80. The number of morpholine rings is 1. The van der Waals surface area contributed by atoms with Crippen molar-refractivity contribution in [3.8, 4) is 0 Å². The number of benzene rings is 1. The lowest BCUT2D eigenvalue weighted by Crippen LogP contribution is -2.39. The van der Waals surface area contributed by atoms with Crippen molar-refractivity contribution >= 4 is 23.3 Å². The maximum Gasteiger partial charge on any atom is 0.267 e. The topological polar surface area (TPSA) is 87.1 Å². The van der Waals surface area contributed by atoms with Crippen LogP contribution in [0.25, 0.3) is 0 Å². The first kappa shape index (κ1) is 20.0. The van der Waals surface area contributed by atoms with Crippen LogP contribution in [0.1, 0.15) is 24.0 Å². The molecule has 30 heavy (non-hydrogen) atoms. The zero-order chi connectivity index (χ0) is 20.8. The van der Waals surface area contributed by atoms with Crippen molar-refractivity contribution in [1.82, 2.24) is 15.3 Å². The summed E-state index contributed by atoms with van der Waals surface area (Å²) in [7, 11) is 0. The van der Waals surface area contributed by atoms with E-state index in [0.29, 0.717) is 38.4 Å². The molecule has 0 aliphatic carbocycles. The number of nitrogens with one attached hydrogen (secondary N) is 1. The highest BCUT2D eigenvalue weighted by molar-refractivity contribution is 6.39. The van der Waals surface area contributed by atoms with Crippen molar-refractivity contribution in [2.45, 2.75) is 25.9 Å². The van der Waals surface area contributed by atoms with Gasteiger partial charge in [-0.05, 0) is 11.6 Å². The Morgan fingerprint density at radius 2 is 1.87 bits per heavy atom. The minimum Gasteiger partial charge on any atom is -0.378 e. The molecule has 156 valence electrons. The molecule has 8 nitrogen and oxygen atoms in total. The fourth-order valence-electron chi connectivity index (χ4n) is 3.55. The maximum absolute atomic E-state index is 12.7. The summed E-state index contributed by atoms with van der Waals surface area (Å²) in [5, 5.41) is 8.66. The van der Waals surface area contributed by atoms with Crippen molar-refractivity contribution in [3.05, 3.63) is 59.8 Å². The van der Waals surface area contributed by atoms with Gasteiger partial charge in [0.15, 0.2) is 0 Å². The number of pyridine rings is 1. The predicted molar refractivity (Wildman–Crippen MR) is 113 cm³/mol. The third-order valence-corrected chi connectivity index (χ3v) is 5.16. The molecule has 0 spiro atoms. The minimum atomic E-state index is -0.252. The molecule has 2 aliphatic heterocycles. The second kappa shape index (κ2) is 9.49. The molecule has 2 aromatic rings. The summed E-state index contributed by atoms with van der Waals surface area (Å²) in [5.74, 6) is 0.544. The number of amides is 2. The van der Waals surface area contributed by atoms with Crippen LogP contribution < -0.4 is 10.2 Å². The molecule has 0 bridgehead atoms. The van der Waals surface area contributed by atoms with Crippen LogP contribution >= 0.6 is 0 Å². The van der Waals surface area contributed by atoms with Gasteiger partial charge in [0.25, 0.3) is 5.91 Å². The fourth-order valence-corrected chi connectivity index (χ4v) is 3.55. The van der Waals surface area contributed by atoms with E-state index in [0.717, 1.165) is 30.0 Å². The van der Waals surface area contributed by atoms with Gasteiger partial charge in [0, 0.05) is 44.2 Å². The van der Waals surface area contributed by atoms with Gasteiger partial charge in [0.2, 0.25) is 5.91 Å². The number of nitrogens with zero attached hydrogens (tertiary/aromatic N) is 4. The normalized spacial score (nSPS) is 16.9. The molecular formula is C22H25N5O3. The standard InChI is InChI=1S/C22H25N5O3/c28-20-9-8-19(25-27(20)16-17-5-2-1-3-6-17)22(29)24-15-18-7-4-10-23-21(18)26-11-13-30-14-12-26/h1-7,10H,8-9,11-16H2,(H,24,29). The number of hydrazone groups is 1. The van der Waals surface area contributed by atoms with Crippen molar-refractivity contribution in [1.29, 1.82) is 0 Å². The highest BCUT2D eigenvalue weighted by atomic mass is 16.5. The largest absolute Gasteiger partial charge is 0.378 e. The van der Waals surface area contributed by atoms with Gasteiger partial charge >= 0.3 is 0 Å². The van der Waals surface area contributed by atoms with Crippen molar-refractivity contribution in [2.75, 3.05) is 31.2 Å². The molecule has 1 aromatic heterocycles. The minimum absolute atomic E-state index is 0.0720. The van der Waals surface area contributed by atoms with Crippen LogP contribution in [-0.2, 0) is 27.4 Å². The number of carbonyl (C=O) groups is 2. The third kappa shape index (κ3) is 4.83. The van der Waals surface area contributed by atoms with E-state index in [4.69, 9.17) is 4.74 Å². The Kier molecular flexibility index (Phi) is 6.34. The third-order valence-electron chi connectivity index (χ3n) is 5.16. The van der Waals surface area contributed by atoms with E-state index in [1.807, 2.05) is 42.5 Å². The first-order chi connectivity index (χ1) is 14.7. The predicted octanol–water partition coefficient (Wildman–Crippen LogP) is 1.71. The molecule has 0 unspecified atom stereocenters. The van der Waals surface area contributed by atoms with Gasteiger partial charge in [-0.1, -0.05) is 36.4 Å². The summed E-state index contributed by atoms with van der Waals surface area (Å²) < 4.78 is 5.41. The second-order valence-electron chi connectivity index (χ2n) is 7.25. The zero-order valence-corrected chi connectivity index (χ0v) is 16.8. The van der Waals surface area contributed by atoms with Crippen LogP contribution in [0, 0.1) is 0 Å². The van der Waals surface area contributed by atoms with E-state index in [-0.39, 0.29) is 18.2 Å². The Morgan fingerprint density at radius 1 is 1.07 bits per heavy atom. The number of hydrogen-bond acceptors (Lipinski definition) is 6. The van der Waals surface area contributed by atoms with E-state index in [1.54, 1.807) is 6.20 Å². The molecule has 1 fully saturated rings. The summed E-state index contributed by atoms with van der Waals surface area (Å²) in [5.41, 5.74) is 2.30. The monoisotopic (exact) mass is 407 g/mol. The molecule has 8 heteroatoms. The lowest BCUT2D eigenvalue weighted by atomic mass is 10.1. The van der Waals surface area contributed by atoms with Gasteiger partial charge in [-0.25, -0.2) is 9.99 Å². The van der Waals surface area contributed by atoms with E-state index >= 15 is 0 Å². The summed E-state index contributed by atoms with van der Waals surface area (Å²) >= 11 is 0. The number of carbonyl (C=O) groups excluding carboxylic acids is 2. The number of aromatic nitrogens is 1. The Morgan fingerprint density at radius 3 is 2.67 bits per heavy atom. The zero-order valence-electron chi connectivity index (χ0n) is 16.8. The molecule has 0 saturated carbocycles. The number of ether oxygens (including phenoxy) is 1. The highest BCUT2D eigenvalue weighted by Crippen LogP contribution is 2.19. The first-order valence-electron chi connectivity index (χ1n) is 10.2. The van der Waals surface area contributed by atoms with Gasteiger partial charge < -0.3 is 15.0 Å². The highest BCUT2D eigenvalue weighted by Gasteiger charge is 2.25. The molecule has 2 amide bonds. The van der Waals surface area contributed by atoms with Gasteiger partial charge in [0.1, 0.15) is 11.5 Å². The molecular weight excluding hydrogens is 382 g/mol. The molecule has 2 aliphatic rings. The van der Waals surface area contributed by atoms with E-state index < -0.39 is 0 Å². The van der Waals surface area contributed by atoms with Crippen molar-refractivity contribution in [2.24, 2.45) is 5.10 Å². The smallest absolute Gasteiger partial charge is 0.267 e. The van der Waals surface area contributed by atoms with Gasteiger partial charge in [-0.2, -0.15) is 5.10 Å². The van der Waals surface area contributed by atoms with E-state index in [9.17, 15) is 9.59 Å². The SMILES string of the molecule is O=C(NCc1cccnc1N1CCOCC1)C1=NN(Cc2ccccc2)C(=O)CC1. The Bertz CT molecular complexity index is 925. The molecule has 0 radical (unpaired) electrons. The van der Waals surface area contributed by atoms with E-state index in [1.165, 1.54) is 5.01 Å². The van der Waals surface area contributed by atoms with Gasteiger partial charge in [-0.15, -0.1) is 0 Å². The van der Waals surface area contributed by atoms with Crippen molar-refractivity contribution < 1.29 is 14.3 Å². The fraction of sp³-hybridized carbons (Fsp3) is 0.364. The number of rotatable bonds is 6. The summed E-state index contributed by atoms with van der Waals surface area (Å²) in [6.07, 6.45) is 2.39. The Balaban J connectivity index is 1.41. The molecule has 1 saturated heterocycles. The quantitative estimate of drug-likeness (QED) is 0.788. The summed E-state index contributed by atoms with van der Waals surface area (Å²) in [6.45, 7) is 3.61. The Hall–Kier alpha value is -3.26. The lowest BCUT2D eigenvalue weighted by molar-refractivity contribution is -0.132. The molecule has 0 atom stereocenters. The first-order valence-corrected chi connectivity index (χ1v) is 10.2. The van der Waals surface area contributed by atoms with Crippen LogP contribution in [0.5, 0.6) is 0 Å². The lowest BCUT2D eigenvalue weighted by Gasteiger charge is -2.29. The maximum atomic E-state index is 12.7. The van der Waals surface area contributed by atoms with Crippen molar-refractivity contribution in [3.63, 3.8) is 0 Å². The van der Waals surface area contributed by atoms with Crippen LogP contribution in [-0.4, -0.2) is 53.8 Å². The number of hydrogen-bond donors (Lipinski definition) is 1. The van der Waals surface area contributed by atoms with Crippen LogP contribution in [0.2, 0.25) is 0 Å². The summed E-state index contributed by atoms with van der Waals surface area (Å²) in [6, 6.07) is 13.5. The van der Waals surface area contributed by atoms with Gasteiger partial charge in [-0.3, -0.25) is 9.59 Å². The number of anilines is 1. The summed E-state index contributed by atoms with van der Waals surface area (Å²) in [4.78, 5) is 31.6. The average molecular weight is 407 g/mol. The van der Waals surface area contributed by atoms with Crippen LogP contribution in [0.3, 0.4) is 0 Å². The molecule has 1 N–H and O–H groups in total. The molecule has 4 rings (SSSR count). The van der Waals surface area contributed by atoms with Gasteiger partial charge in [0.05, 0.1) is 19.8 Å². The molecule has 1 aromatic carbocycles. The van der Waals surface area contributed by atoms with Crippen LogP contribution in [0.15, 0.2) is 53.8 Å². The second-order valence-corrected chi connectivity index (χ2v) is 7.25. The Labute approximate surface area is 175 Å². The van der Waals surface area contributed by atoms with Crippen LogP contribution in [0.4, 0.5) is 5.82 Å².